The smallest absolute Gasteiger partial charge is 0.337 e. The van der Waals surface area contributed by atoms with Gasteiger partial charge in [0.05, 0.1) is 19.8 Å². The standard InChI is InChI=1S/C23H28N4O5/c1-6-12-26-20-19(21(28)27(13-7-2)23(26)30)25(3)18(24-20)11-10-15-8-9-16(22(29)32-5)14-17(15)31-4/h8-11,14H,6-7,12-13H2,1-5H3. The summed E-state index contributed by atoms with van der Waals surface area (Å²) < 4.78 is 14.7. The molecule has 3 aromatic rings. The predicted molar refractivity (Wildman–Crippen MR) is 123 cm³/mol. The van der Waals surface area contributed by atoms with Crippen molar-refractivity contribution in [3.8, 4) is 5.75 Å². The molecule has 9 nitrogen and oxygen atoms in total. The lowest BCUT2D eigenvalue weighted by Gasteiger charge is -2.10. The zero-order valence-electron chi connectivity index (χ0n) is 19.0. The van der Waals surface area contributed by atoms with Crippen LogP contribution >= 0.6 is 0 Å². The van der Waals surface area contributed by atoms with Gasteiger partial charge in [0.25, 0.3) is 5.56 Å². The maximum absolute atomic E-state index is 13.0. The molecule has 1 aromatic carbocycles. The van der Waals surface area contributed by atoms with Crippen LogP contribution in [0.15, 0.2) is 27.8 Å². The number of esters is 1. The first-order chi connectivity index (χ1) is 15.4. The number of hydrogen-bond donors (Lipinski definition) is 0. The number of carbonyl (C=O) groups excluding carboxylic acids is 1. The van der Waals surface area contributed by atoms with Crippen LogP contribution in [0.3, 0.4) is 0 Å². The van der Waals surface area contributed by atoms with Crippen molar-refractivity contribution < 1.29 is 14.3 Å². The quantitative estimate of drug-likeness (QED) is 0.500. The van der Waals surface area contributed by atoms with Crippen molar-refractivity contribution in [2.45, 2.75) is 39.8 Å². The van der Waals surface area contributed by atoms with Crippen molar-refractivity contribution in [1.29, 1.82) is 0 Å². The first-order valence-electron chi connectivity index (χ1n) is 10.5. The van der Waals surface area contributed by atoms with Crippen LogP contribution < -0.4 is 16.0 Å². The predicted octanol–water partition coefficient (Wildman–Crippen LogP) is 2.68. The lowest BCUT2D eigenvalue weighted by atomic mass is 10.1. The van der Waals surface area contributed by atoms with Gasteiger partial charge in [-0.25, -0.2) is 14.6 Å². The first kappa shape index (κ1) is 23.1. The number of aryl methyl sites for hydroxylation is 2. The number of methoxy groups -OCH3 is 2. The van der Waals surface area contributed by atoms with E-state index in [9.17, 15) is 14.4 Å². The fourth-order valence-electron chi connectivity index (χ4n) is 3.63. The minimum atomic E-state index is -0.452. The van der Waals surface area contributed by atoms with Gasteiger partial charge in [0, 0.05) is 25.7 Å². The summed E-state index contributed by atoms with van der Waals surface area (Å²) in [5.41, 5.74) is 1.20. The highest BCUT2D eigenvalue weighted by Gasteiger charge is 2.18. The molecule has 0 aliphatic carbocycles. The second kappa shape index (κ2) is 9.67. The van der Waals surface area contributed by atoms with E-state index >= 15 is 0 Å². The number of aromatic nitrogens is 4. The molecule has 0 fully saturated rings. The topological polar surface area (TPSA) is 97.3 Å². The molecular formula is C23H28N4O5. The van der Waals surface area contributed by atoms with Crippen LogP contribution in [0.4, 0.5) is 0 Å². The van der Waals surface area contributed by atoms with Crippen molar-refractivity contribution in [3.05, 3.63) is 56.0 Å². The van der Waals surface area contributed by atoms with Crippen LogP contribution in [0, 0.1) is 0 Å². The summed E-state index contributed by atoms with van der Waals surface area (Å²) in [5, 5.41) is 0. The number of carbonyl (C=O) groups is 1. The summed E-state index contributed by atoms with van der Waals surface area (Å²) >= 11 is 0. The number of ether oxygens (including phenoxy) is 2. The van der Waals surface area contributed by atoms with Crippen LogP contribution in [-0.4, -0.2) is 38.9 Å². The summed E-state index contributed by atoms with van der Waals surface area (Å²) in [4.78, 5) is 42.3. The second-order valence-corrected chi connectivity index (χ2v) is 7.37. The Morgan fingerprint density at radius 3 is 2.38 bits per heavy atom. The Bertz CT molecular complexity index is 1300. The molecule has 0 aliphatic rings. The van der Waals surface area contributed by atoms with E-state index in [4.69, 9.17) is 9.47 Å². The molecule has 0 amide bonds. The van der Waals surface area contributed by atoms with Crippen molar-refractivity contribution in [2.75, 3.05) is 14.2 Å². The Hall–Kier alpha value is -3.62. The summed E-state index contributed by atoms with van der Waals surface area (Å²) in [6.07, 6.45) is 4.96. The third kappa shape index (κ3) is 4.10. The zero-order valence-corrected chi connectivity index (χ0v) is 19.0. The molecule has 0 saturated carbocycles. The number of hydrogen-bond acceptors (Lipinski definition) is 6. The summed E-state index contributed by atoms with van der Waals surface area (Å²) in [7, 11) is 4.59. The Labute approximate surface area is 185 Å². The third-order valence-corrected chi connectivity index (χ3v) is 5.24. The van der Waals surface area contributed by atoms with Crippen LogP contribution in [0.5, 0.6) is 5.75 Å². The SMILES string of the molecule is CCCn1c(=O)c2c(nc(C=Cc3ccc(C(=O)OC)cc3OC)n2C)n(CCC)c1=O. The van der Waals surface area contributed by atoms with Crippen molar-refractivity contribution in [2.24, 2.45) is 7.05 Å². The van der Waals surface area contributed by atoms with Crippen molar-refractivity contribution in [1.82, 2.24) is 18.7 Å². The van der Waals surface area contributed by atoms with E-state index in [0.29, 0.717) is 47.8 Å². The van der Waals surface area contributed by atoms with Gasteiger partial charge in [-0.1, -0.05) is 19.9 Å². The molecule has 0 bridgehead atoms. The monoisotopic (exact) mass is 440 g/mol. The number of fused-ring (bicyclic) bond motifs is 1. The minimum absolute atomic E-state index is 0.333. The number of nitrogens with zero attached hydrogens (tertiary/aromatic N) is 4. The average Bonchev–Trinajstić information content (AvgIpc) is 3.13. The van der Waals surface area contributed by atoms with Gasteiger partial charge in [-0.2, -0.15) is 0 Å². The van der Waals surface area contributed by atoms with Gasteiger partial charge in [-0.3, -0.25) is 13.9 Å². The Morgan fingerprint density at radius 2 is 1.75 bits per heavy atom. The molecule has 2 heterocycles. The van der Waals surface area contributed by atoms with E-state index in [0.717, 1.165) is 12.0 Å². The molecule has 0 N–H and O–H groups in total. The highest BCUT2D eigenvalue weighted by atomic mass is 16.5. The van der Waals surface area contributed by atoms with Gasteiger partial charge < -0.3 is 14.0 Å². The molecule has 170 valence electrons. The molecule has 2 aromatic heterocycles. The molecule has 32 heavy (non-hydrogen) atoms. The molecular weight excluding hydrogens is 412 g/mol. The van der Waals surface area contributed by atoms with Gasteiger partial charge in [0.2, 0.25) is 0 Å². The van der Waals surface area contributed by atoms with Gasteiger partial charge in [-0.15, -0.1) is 0 Å². The Morgan fingerprint density at radius 1 is 1.06 bits per heavy atom. The van der Waals surface area contributed by atoms with Gasteiger partial charge in [-0.05, 0) is 37.1 Å². The second-order valence-electron chi connectivity index (χ2n) is 7.37. The lowest BCUT2D eigenvalue weighted by molar-refractivity contribution is 0.0600. The molecule has 0 saturated heterocycles. The van der Waals surface area contributed by atoms with Crippen LogP contribution in [0.25, 0.3) is 23.3 Å². The molecule has 9 heteroatoms. The summed E-state index contributed by atoms with van der Waals surface area (Å²) in [6.45, 7) is 4.73. The van der Waals surface area contributed by atoms with E-state index in [2.05, 4.69) is 4.98 Å². The van der Waals surface area contributed by atoms with Crippen molar-refractivity contribution >= 4 is 29.3 Å². The maximum Gasteiger partial charge on any atom is 0.337 e. The van der Waals surface area contributed by atoms with E-state index in [1.165, 1.54) is 18.8 Å². The van der Waals surface area contributed by atoms with Crippen LogP contribution in [0.2, 0.25) is 0 Å². The van der Waals surface area contributed by atoms with Crippen LogP contribution in [-0.2, 0) is 24.9 Å². The molecule has 0 unspecified atom stereocenters. The van der Waals surface area contributed by atoms with E-state index in [1.54, 1.807) is 46.5 Å². The zero-order chi connectivity index (χ0) is 23.4. The summed E-state index contributed by atoms with van der Waals surface area (Å²) in [6, 6.07) is 4.99. The molecule has 0 spiro atoms. The number of benzene rings is 1. The Kier molecular flexibility index (Phi) is 6.97. The van der Waals surface area contributed by atoms with Gasteiger partial charge in [0.15, 0.2) is 11.2 Å². The average molecular weight is 441 g/mol. The molecule has 0 atom stereocenters. The fraction of sp³-hybridized carbons (Fsp3) is 0.391. The highest BCUT2D eigenvalue weighted by Crippen LogP contribution is 2.23. The molecule has 3 rings (SSSR count). The fourth-order valence-corrected chi connectivity index (χ4v) is 3.63. The highest BCUT2D eigenvalue weighted by molar-refractivity contribution is 5.90. The minimum Gasteiger partial charge on any atom is -0.496 e. The molecule has 0 radical (unpaired) electrons. The number of imidazole rings is 1. The van der Waals surface area contributed by atoms with Crippen LogP contribution in [0.1, 0.15) is 48.4 Å². The number of rotatable bonds is 8. The van der Waals surface area contributed by atoms with E-state index in [1.807, 2.05) is 13.8 Å². The lowest BCUT2D eigenvalue weighted by Crippen LogP contribution is -2.40. The van der Waals surface area contributed by atoms with E-state index < -0.39 is 5.97 Å². The van der Waals surface area contributed by atoms with E-state index in [-0.39, 0.29) is 11.2 Å². The third-order valence-electron chi connectivity index (χ3n) is 5.24. The van der Waals surface area contributed by atoms with Gasteiger partial charge in [0.1, 0.15) is 11.6 Å². The van der Waals surface area contributed by atoms with Crippen molar-refractivity contribution in [3.63, 3.8) is 0 Å². The maximum atomic E-state index is 13.0. The largest absolute Gasteiger partial charge is 0.496 e. The molecule has 0 aliphatic heterocycles. The normalized spacial score (nSPS) is 11.4. The van der Waals surface area contributed by atoms with Gasteiger partial charge >= 0.3 is 11.7 Å². The Balaban J connectivity index is 2.14. The first-order valence-corrected chi connectivity index (χ1v) is 10.5. The summed E-state index contributed by atoms with van der Waals surface area (Å²) in [5.74, 6) is 0.567.